The average Bonchev–Trinajstić information content (AvgIpc) is 2.79. The number of esters is 1. The van der Waals surface area contributed by atoms with E-state index in [1.807, 2.05) is 32.0 Å². The number of nitrogens with zero attached hydrogens (tertiary/aromatic N) is 3. The lowest BCUT2D eigenvalue weighted by Crippen LogP contribution is -2.25. The van der Waals surface area contributed by atoms with Gasteiger partial charge >= 0.3 is 5.97 Å². The smallest absolute Gasteiger partial charge is 0.346 e. The normalized spacial score (nSPS) is 12.4. The van der Waals surface area contributed by atoms with E-state index in [1.54, 1.807) is 25.3 Å². The summed E-state index contributed by atoms with van der Waals surface area (Å²) >= 11 is 5.50. The molecule has 3 rings (SSSR count). The molecule has 1 heterocycles. The summed E-state index contributed by atoms with van der Waals surface area (Å²) < 4.78 is 18.7. The van der Waals surface area contributed by atoms with Crippen molar-refractivity contribution < 1.29 is 19.0 Å². The quantitative estimate of drug-likeness (QED) is 0.214. The molecule has 0 saturated heterocycles. The minimum atomic E-state index is -0.799. The van der Waals surface area contributed by atoms with Crippen LogP contribution in [0.4, 0.5) is 0 Å². The second kappa shape index (κ2) is 10.6. The van der Waals surface area contributed by atoms with Gasteiger partial charge in [-0.05, 0) is 65.4 Å². The molecular formula is C23H23BrIN3O5. The number of rotatable bonds is 7. The van der Waals surface area contributed by atoms with Gasteiger partial charge in [0.2, 0.25) is 0 Å². The molecule has 8 nitrogen and oxygen atoms in total. The largest absolute Gasteiger partial charge is 0.493 e. The molecule has 0 spiro atoms. The molecule has 0 bridgehead atoms. The number of hydrogen-bond donors (Lipinski definition) is 0. The van der Waals surface area contributed by atoms with Crippen LogP contribution in [-0.2, 0) is 9.53 Å². The molecule has 0 N–H and O–H groups in total. The van der Waals surface area contributed by atoms with E-state index < -0.39 is 12.1 Å². The second-order valence-electron chi connectivity index (χ2n) is 7.47. The van der Waals surface area contributed by atoms with Crippen LogP contribution in [0, 0.1) is 3.57 Å². The molecule has 3 aromatic rings. The molecule has 0 unspecified atom stereocenters. The molecule has 33 heavy (non-hydrogen) atoms. The zero-order valence-corrected chi connectivity index (χ0v) is 22.5. The zero-order chi connectivity index (χ0) is 24.3. The van der Waals surface area contributed by atoms with Gasteiger partial charge in [-0.25, -0.2) is 9.78 Å². The molecular weight excluding hydrogens is 605 g/mol. The van der Waals surface area contributed by atoms with Gasteiger partial charge in [-0.3, -0.25) is 4.79 Å². The minimum Gasteiger partial charge on any atom is -0.493 e. The van der Waals surface area contributed by atoms with Gasteiger partial charge in [-0.2, -0.15) is 9.78 Å². The van der Waals surface area contributed by atoms with Crippen molar-refractivity contribution in [1.82, 2.24) is 9.66 Å². The Morgan fingerprint density at radius 3 is 2.58 bits per heavy atom. The highest BCUT2D eigenvalue weighted by Crippen LogP contribution is 2.34. The zero-order valence-electron chi connectivity index (χ0n) is 18.8. The third-order valence-electron chi connectivity index (χ3n) is 4.75. The molecule has 10 heteroatoms. The lowest BCUT2D eigenvalue weighted by molar-refractivity contribution is -0.147. The van der Waals surface area contributed by atoms with Crippen LogP contribution in [0.2, 0.25) is 0 Å². The second-order valence-corrected chi connectivity index (χ2v) is 9.54. The first kappa shape index (κ1) is 25.2. The maximum atomic E-state index is 13.2. The van der Waals surface area contributed by atoms with Gasteiger partial charge in [0.15, 0.2) is 17.6 Å². The first-order valence-electron chi connectivity index (χ1n) is 10.0. The summed E-state index contributed by atoms with van der Waals surface area (Å²) in [6.45, 7) is 5.51. The molecule has 2 aromatic carbocycles. The van der Waals surface area contributed by atoms with E-state index in [0.717, 1.165) is 4.47 Å². The van der Waals surface area contributed by atoms with Crippen LogP contribution in [-0.4, -0.2) is 42.2 Å². The van der Waals surface area contributed by atoms with E-state index in [1.165, 1.54) is 18.9 Å². The SMILES string of the molecule is COC(=O)[C@@H](C)Oc1c(I)cc(C=Nn2c(C(C)C)nc3ccc(Br)cc3c2=O)cc1OC. The molecule has 1 atom stereocenters. The Labute approximate surface area is 213 Å². The van der Waals surface area contributed by atoms with E-state index in [4.69, 9.17) is 14.2 Å². The molecule has 0 amide bonds. The van der Waals surface area contributed by atoms with Crippen molar-refractivity contribution in [3.05, 3.63) is 60.1 Å². The lowest BCUT2D eigenvalue weighted by Gasteiger charge is -2.17. The van der Waals surface area contributed by atoms with E-state index in [2.05, 4.69) is 48.6 Å². The van der Waals surface area contributed by atoms with Crippen LogP contribution < -0.4 is 15.0 Å². The Morgan fingerprint density at radius 1 is 1.21 bits per heavy atom. The van der Waals surface area contributed by atoms with Gasteiger partial charge in [0.1, 0.15) is 5.82 Å². The average molecular weight is 628 g/mol. The predicted octanol–water partition coefficient (Wildman–Crippen LogP) is 4.72. The summed E-state index contributed by atoms with van der Waals surface area (Å²) in [6.07, 6.45) is 0.767. The summed E-state index contributed by atoms with van der Waals surface area (Å²) in [5, 5.41) is 4.92. The van der Waals surface area contributed by atoms with Gasteiger partial charge in [0.25, 0.3) is 5.56 Å². The molecule has 0 fully saturated rings. The molecule has 1 aromatic heterocycles. The molecule has 0 aliphatic carbocycles. The standard InChI is InChI=1S/C23H23BrIN3O5/c1-12(2)21-27-18-7-6-15(24)10-16(18)22(29)28(21)26-11-14-8-17(25)20(19(9-14)31-4)33-13(3)23(30)32-5/h6-13H,1-5H3/t13-/m1/s1. The highest BCUT2D eigenvalue weighted by molar-refractivity contribution is 14.1. The fourth-order valence-corrected chi connectivity index (χ4v) is 4.21. The lowest BCUT2D eigenvalue weighted by atomic mass is 10.2. The fourth-order valence-electron chi connectivity index (χ4n) is 3.10. The number of hydrogen-bond acceptors (Lipinski definition) is 7. The maximum Gasteiger partial charge on any atom is 0.346 e. The van der Waals surface area contributed by atoms with Crippen LogP contribution in [0.15, 0.2) is 44.7 Å². The topological polar surface area (TPSA) is 92.0 Å². The first-order valence-corrected chi connectivity index (χ1v) is 11.9. The molecule has 0 aliphatic rings. The number of fused-ring (bicyclic) bond motifs is 1. The summed E-state index contributed by atoms with van der Waals surface area (Å²) in [6, 6.07) is 8.93. The Kier molecular flexibility index (Phi) is 8.11. The third-order valence-corrected chi connectivity index (χ3v) is 6.05. The van der Waals surface area contributed by atoms with Crippen LogP contribution in [0.25, 0.3) is 10.9 Å². The van der Waals surface area contributed by atoms with Crippen molar-refractivity contribution in [2.24, 2.45) is 5.10 Å². The summed E-state index contributed by atoms with van der Waals surface area (Å²) in [7, 11) is 2.81. The molecule has 0 saturated carbocycles. The highest BCUT2D eigenvalue weighted by Gasteiger charge is 2.20. The Hall–Kier alpha value is -2.47. The van der Waals surface area contributed by atoms with Gasteiger partial charge < -0.3 is 14.2 Å². The fraction of sp³-hybridized carbons (Fsp3) is 0.304. The van der Waals surface area contributed by atoms with Crippen LogP contribution >= 0.6 is 38.5 Å². The Morgan fingerprint density at radius 2 is 1.94 bits per heavy atom. The summed E-state index contributed by atoms with van der Waals surface area (Å²) in [4.78, 5) is 29.6. The summed E-state index contributed by atoms with van der Waals surface area (Å²) in [5.74, 6) is 0.892. The van der Waals surface area contributed by atoms with Crippen LogP contribution in [0.1, 0.15) is 38.1 Å². The predicted molar refractivity (Wildman–Crippen MR) is 139 cm³/mol. The van der Waals surface area contributed by atoms with Gasteiger partial charge in [-0.15, -0.1) is 0 Å². The molecule has 174 valence electrons. The minimum absolute atomic E-state index is 0.0202. The van der Waals surface area contributed by atoms with Crippen molar-refractivity contribution in [2.75, 3.05) is 14.2 Å². The van der Waals surface area contributed by atoms with Crippen molar-refractivity contribution in [3.8, 4) is 11.5 Å². The van der Waals surface area contributed by atoms with E-state index >= 15 is 0 Å². The van der Waals surface area contributed by atoms with Crippen LogP contribution in [0.3, 0.4) is 0 Å². The third kappa shape index (κ3) is 5.55. The van der Waals surface area contributed by atoms with E-state index in [-0.39, 0.29) is 11.5 Å². The van der Waals surface area contributed by atoms with Gasteiger partial charge in [-0.1, -0.05) is 29.8 Å². The number of carbonyl (C=O) groups excluding carboxylic acids is 1. The number of halogens is 2. The number of methoxy groups -OCH3 is 2. The number of aromatic nitrogens is 2. The molecule has 0 aliphatic heterocycles. The Bertz CT molecular complexity index is 1290. The Balaban J connectivity index is 2.05. The van der Waals surface area contributed by atoms with Crippen molar-refractivity contribution in [2.45, 2.75) is 32.8 Å². The summed E-state index contributed by atoms with van der Waals surface area (Å²) in [5.41, 5.74) is 1.05. The van der Waals surface area contributed by atoms with E-state index in [0.29, 0.717) is 37.4 Å². The number of carbonyl (C=O) groups is 1. The number of benzene rings is 2. The van der Waals surface area contributed by atoms with Gasteiger partial charge in [0, 0.05) is 10.4 Å². The monoisotopic (exact) mass is 627 g/mol. The van der Waals surface area contributed by atoms with E-state index in [9.17, 15) is 9.59 Å². The van der Waals surface area contributed by atoms with Crippen LogP contribution in [0.5, 0.6) is 11.5 Å². The first-order chi connectivity index (χ1) is 15.7. The van der Waals surface area contributed by atoms with Gasteiger partial charge in [0.05, 0.1) is 34.9 Å². The highest BCUT2D eigenvalue weighted by atomic mass is 127. The number of ether oxygens (including phenoxy) is 3. The molecule has 0 radical (unpaired) electrons. The van der Waals surface area contributed by atoms with Crippen molar-refractivity contribution in [3.63, 3.8) is 0 Å². The van der Waals surface area contributed by atoms with Crippen molar-refractivity contribution in [1.29, 1.82) is 0 Å². The van der Waals surface area contributed by atoms with Crippen molar-refractivity contribution >= 4 is 61.6 Å². The maximum absolute atomic E-state index is 13.2.